The highest BCUT2D eigenvalue weighted by Gasteiger charge is 2.08. The molecule has 0 spiro atoms. The number of carbonyl (C=O) groups excluding carboxylic acids is 1. The normalized spacial score (nSPS) is 10.8. The van der Waals surface area contributed by atoms with E-state index in [0.717, 1.165) is 16.9 Å². The Morgan fingerprint density at radius 1 is 1.15 bits per heavy atom. The van der Waals surface area contributed by atoms with Crippen LogP contribution in [0.15, 0.2) is 61.3 Å². The van der Waals surface area contributed by atoms with Crippen LogP contribution >= 0.6 is 0 Å². The van der Waals surface area contributed by atoms with Crippen LogP contribution in [0.2, 0.25) is 0 Å². The van der Waals surface area contributed by atoms with E-state index in [0.29, 0.717) is 18.1 Å². The Labute approximate surface area is 149 Å². The summed E-state index contributed by atoms with van der Waals surface area (Å²) in [6.07, 6.45) is 8.90. The van der Waals surface area contributed by atoms with E-state index in [1.54, 1.807) is 23.3 Å². The largest absolute Gasteiger partial charge is 0.324 e. The Hall–Kier alpha value is -3.68. The number of anilines is 2. The molecular weight excluding hydrogens is 330 g/mol. The summed E-state index contributed by atoms with van der Waals surface area (Å²) in [5.74, 6) is 0.530. The maximum atomic E-state index is 12.1. The van der Waals surface area contributed by atoms with Crippen molar-refractivity contribution in [3.8, 4) is 0 Å². The number of hydrogen-bond donors (Lipinski definition) is 2. The number of hydrogen-bond acceptors (Lipinski definition) is 4. The summed E-state index contributed by atoms with van der Waals surface area (Å²) in [5, 5.41) is 9.74. The van der Waals surface area contributed by atoms with Crippen LogP contribution < -0.4 is 10.6 Å². The van der Waals surface area contributed by atoms with Gasteiger partial charge in [0.1, 0.15) is 11.5 Å². The zero-order valence-electron chi connectivity index (χ0n) is 14.1. The first-order valence-corrected chi connectivity index (χ1v) is 8.12. The third-order valence-corrected chi connectivity index (χ3v) is 3.87. The van der Waals surface area contributed by atoms with Gasteiger partial charge in [0.25, 0.3) is 0 Å². The topological polar surface area (TPSA) is 89.1 Å². The molecular formula is C18H17N7O. The molecule has 8 nitrogen and oxygen atoms in total. The van der Waals surface area contributed by atoms with E-state index in [9.17, 15) is 4.79 Å². The number of carbonyl (C=O) groups is 1. The lowest BCUT2D eigenvalue weighted by Crippen LogP contribution is -2.20. The molecule has 0 fully saturated rings. The summed E-state index contributed by atoms with van der Waals surface area (Å²) in [6.45, 7) is 2.40. The van der Waals surface area contributed by atoms with Gasteiger partial charge < -0.3 is 9.72 Å². The summed E-state index contributed by atoms with van der Waals surface area (Å²) in [6, 6.07) is 9.19. The quantitative estimate of drug-likeness (QED) is 0.594. The Morgan fingerprint density at radius 3 is 2.92 bits per heavy atom. The molecule has 4 rings (SSSR count). The lowest BCUT2D eigenvalue weighted by Gasteiger charge is -2.07. The predicted octanol–water partition coefficient (Wildman–Crippen LogP) is 2.93. The van der Waals surface area contributed by atoms with Gasteiger partial charge in [0.15, 0.2) is 0 Å². The second kappa shape index (κ2) is 6.67. The van der Waals surface area contributed by atoms with Crippen LogP contribution in [0.4, 0.5) is 16.3 Å². The molecule has 0 aliphatic heterocycles. The molecule has 4 aromatic rings. The molecule has 26 heavy (non-hydrogen) atoms. The van der Waals surface area contributed by atoms with E-state index in [2.05, 4.69) is 25.7 Å². The van der Waals surface area contributed by atoms with Gasteiger partial charge >= 0.3 is 6.03 Å². The first-order chi connectivity index (χ1) is 12.7. The highest BCUT2D eigenvalue weighted by molar-refractivity contribution is 5.99. The first-order valence-electron chi connectivity index (χ1n) is 8.12. The lowest BCUT2D eigenvalue weighted by atomic mass is 10.3. The fraction of sp³-hybridized carbons (Fsp3) is 0.111. The van der Waals surface area contributed by atoms with Crippen molar-refractivity contribution in [1.29, 1.82) is 0 Å². The van der Waals surface area contributed by atoms with Crippen LogP contribution in [-0.4, -0.2) is 30.2 Å². The Morgan fingerprint density at radius 2 is 2.08 bits per heavy atom. The number of rotatable bonds is 4. The second-order valence-electron chi connectivity index (χ2n) is 5.87. The number of amides is 2. The van der Waals surface area contributed by atoms with Gasteiger partial charge in [-0.3, -0.25) is 10.00 Å². The maximum Gasteiger partial charge on any atom is 0.324 e. The number of aromatic nitrogens is 5. The van der Waals surface area contributed by atoms with E-state index >= 15 is 0 Å². The van der Waals surface area contributed by atoms with Crippen LogP contribution in [0, 0.1) is 6.92 Å². The van der Waals surface area contributed by atoms with Gasteiger partial charge in [0, 0.05) is 24.8 Å². The molecule has 130 valence electrons. The molecule has 0 aromatic carbocycles. The monoisotopic (exact) mass is 347 g/mol. The Kier molecular flexibility index (Phi) is 4.06. The van der Waals surface area contributed by atoms with E-state index in [1.165, 1.54) is 0 Å². The van der Waals surface area contributed by atoms with E-state index in [1.807, 2.05) is 54.0 Å². The molecule has 0 saturated heterocycles. The molecule has 4 heterocycles. The van der Waals surface area contributed by atoms with Gasteiger partial charge in [0.05, 0.1) is 24.1 Å². The van der Waals surface area contributed by atoms with Gasteiger partial charge in [-0.05, 0) is 30.7 Å². The Bertz CT molecular complexity index is 1030. The highest BCUT2D eigenvalue weighted by Crippen LogP contribution is 2.12. The zero-order chi connectivity index (χ0) is 17.9. The van der Waals surface area contributed by atoms with Gasteiger partial charge in [-0.15, -0.1) is 0 Å². The predicted molar refractivity (Wildman–Crippen MR) is 98.1 cm³/mol. The molecule has 0 aliphatic rings. The summed E-state index contributed by atoms with van der Waals surface area (Å²) in [4.78, 5) is 20.8. The van der Waals surface area contributed by atoms with Gasteiger partial charge in [-0.25, -0.2) is 14.8 Å². The van der Waals surface area contributed by atoms with Gasteiger partial charge in [-0.1, -0.05) is 12.1 Å². The molecule has 4 aromatic heterocycles. The number of nitrogens with zero attached hydrogens (tertiary/aromatic N) is 5. The summed E-state index contributed by atoms with van der Waals surface area (Å²) < 4.78 is 3.68. The van der Waals surface area contributed by atoms with Gasteiger partial charge in [0.2, 0.25) is 0 Å². The maximum absolute atomic E-state index is 12.1. The number of nitrogens with one attached hydrogen (secondary N) is 2. The number of fused-ring (bicyclic) bond motifs is 1. The van der Waals surface area contributed by atoms with Crippen LogP contribution in [0.5, 0.6) is 0 Å². The van der Waals surface area contributed by atoms with E-state index in [4.69, 9.17) is 0 Å². The molecule has 0 aliphatic carbocycles. The van der Waals surface area contributed by atoms with Crippen molar-refractivity contribution in [3.05, 3.63) is 72.6 Å². The fourth-order valence-corrected chi connectivity index (χ4v) is 2.63. The molecule has 0 bridgehead atoms. The van der Waals surface area contributed by atoms with Crippen molar-refractivity contribution in [2.24, 2.45) is 0 Å². The van der Waals surface area contributed by atoms with Gasteiger partial charge in [-0.2, -0.15) is 5.10 Å². The van der Waals surface area contributed by atoms with E-state index < -0.39 is 0 Å². The molecule has 0 atom stereocenters. The molecule has 2 amide bonds. The van der Waals surface area contributed by atoms with Crippen molar-refractivity contribution in [2.75, 3.05) is 10.6 Å². The van der Waals surface area contributed by atoms with Crippen LogP contribution in [0.3, 0.4) is 0 Å². The third-order valence-electron chi connectivity index (χ3n) is 3.87. The molecule has 0 unspecified atom stereocenters. The number of imidazole rings is 1. The van der Waals surface area contributed by atoms with Crippen molar-refractivity contribution < 1.29 is 4.79 Å². The lowest BCUT2D eigenvalue weighted by molar-refractivity contribution is 0.262. The number of aryl methyl sites for hydroxylation is 1. The van der Waals surface area contributed by atoms with Crippen molar-refractivity contribution in [2.45, 2.75) is 13.5 Å². The number of pyridine rings is 2. The second-order valence-corrected chi connectivity index (χ2v) is 5.87. The minimum absolute atomic E-state index is 0.362. The SMILES string of the molecule is Cc1cccnc1NC(=O)Nc1cnn(Cc2cn3ccccc3n2)c1. The average Bonchev–Trinajstić information content (AvgIpc) is 3.23. The average molecular weight is 347 g/mol. The van der Waals surface area contributed by atoms with Crippen molar-refractivity contribution in [1.82, 2.24) is 24.1 Å². The Balaban J connectivity index is 1.41. The molecule has 2 N–H and O–H groups in total. The number of urea groups is 1. The smallest absolute Gasteiger partial charge is 0.307 e. The van der Waals surface area contributed by atoms with Crippen LogP contribution in [0.1, 0.15) is 11.3 Å². The zero-order valence-corrected chi connectivity index (χ0v) is 14.1. The standard InChI is InChI=1S/C18H17N7O/c1-13-5-4-7-19-17(13)23-18(26)22-14-9-20-25(11-14)12-15-10-24-8-3-2-6-16(24)21-15/h2-11H,12H2,1H3,(H2,19,22,23,26). The van der Waals surface area contributed by atoms with E-state index in [-0.39, 0.29) is 6.03 Å². The minimum atomic E-state index is -0.362. The minimum Gasteiger partial charge on any atom is -0.307 e. The molecule has 0 radical (unpaired) electrons. The third kappa shape index (κ3) is 3.39. The summed E-state index contributed by atoms with van der Waals surface area (Å²) >= 11 is 0. The van der Waals surface area contributed by atoms with Crippen molar-refractivity contribution in [3.63, 3.8) is 0 Å². The molecule has 8 heteroatoms. The van der Waals surface area contributed by atoms with Crippen molar-refractivity contribution >= 4 is 23.2 Å². The highest BCUT2D eigenvalue weighted by atomic mass is 16.2. The first kappa shape index (κ1) is 15.8. The van der Waals surface area contributed by atoms with Crippen LogP contribution in [-0.2, 0) is 6.54 Å². The van der Waals surface area contributed by atoms with Crippen LogP contribution in [0.25, 0.3) is 5.65 Å². The summed E-state index contributed by atoms with van der Waals surface area (Å²) in [5.41, 5.74) is 3.27. The molecule has 0 saturated carbocycles. The summed E-state index contributed by atoms with van der Waals surface area (Å²) in [7, 11) is 0. The fourth-order valence-electron chi connectivity index (χ4n) is 2.63.